The second kappa shape index (κ2) is 5.44. The van der Waals surface area contributed by atoms with Gasteiger partial charge in [0.25, 0.3) is 11.6 Å². The third-order valence-corrected chi connectivity index (χ3v) is 2.62. The molecule has 1 rings (SSSR count). The second-order valence-corrected chi connectivity index (χ2v) is 3.95. The van der Waals surface area contributed by atoms with Crippen molar-refractivity contribution in [1.29, 1.82) is 0 Å². The number of nitrogens with one attached hydrogen (secondary N) is 2. The molecule has 0 aromatic carbocycles. The van der Waals surface area contributed by atoms with Crippen molar-refractivity contribution >= 4 is 11.6 Å². The Kier molecular flexibility index (Phi) is 4.22. The summed E-state index contributed by atoms with van der Waals surface area (Å²) >= 11 is 0. The van der Waals surface area contributed by atoms with E-state index in [9.17, 15) is 14.9 Å². The monoisotopic (exact) mass is 241 g/mol. The van der Waals surface area contributed by atoms with Gasteiger partial charge in [-0.1, -0.05) is 6.92 Å². The molecule has 2 atom stereocenters. The molecule has 0 spiro atoms. The predicted molar refractivity (Wildman–Crippen MR) is 60.6 cm³/mol. The molecule has 3 N–H and O–H groups in total. The molecule has 0 aliphatic carbocycles. The van der Waals surface area contributed by atoms with Gasteiger partial charge in [-0.15, -0.1) is 0 Å². The standard InChI is InChI=1S/C10H15N3O4/c1-6(5-14)7(2)12-10(15)9-3-8(4-11-9)13(16)17/h3-4,6-7,11,14H,5H2,1-2H3,(H,12,15). The van der Waals surface area contributed by atoms with Gasteiger partial charge in [0.2, 0.25) is 0 Å². The molecule has 0 fully saturated rings. The summed E-state index contributed by atoms with van der Waals surface area (Å²) in [4.78, 5) is 24.1. The van der Waals surface area contributed by atoms with Crippen molar-refractivity contribution in [3.8, 4) is 0 Å². The lowest BCUT2D eigenvalue weighted by molar-refractivity contribution is -0.384. The van der Waals surface area contributed by atoms with Crippen LogP contribution < -0.4 is 5.32 Å². The van der Waals surface area contributed by atoms with E-state index in [-0.39, 0.29) is 29.9 Å². The molecule has 1 aromatic heterocycles. The number of amides is 1. The maximum Gasteiger partial charge on any atom is 0.287 e. The largest absolute Gasteiger partial charge is 0.396 e. The summed E-state index contributed by atoms with van der Waals surface area (Å²) in [6, 6.07) is 0.959. The third kappa shape index (κ3) is 3.28. The summed E-state index contributed by atoms with van der Waals surface area (Å²) < 4.78 is 0. The van der Waals surface area contributed by atoms with Crippen LogP contribution in [0.3, 0.4) is 0 Å². The fraction of sp³-hybridized carbons (Fsp3) is 0.500. The van der Waals surface area contributed by atoms with Gasteiger partial charge in [0.15, 0.2) is 0 Å². The van der Waals surface area contributed by atoms with Crippen LogP contribution in [0.2, 0.25) is 0 Å². The van der Waals surface area contributed by atoms with Crippen molar-refractivity contribution in [1.82, 2.24) is 10.3 Å². The van der Waals surface area contributed by atoms with Gasteiger partial charge >= 0.3 is 0 Å². The molecule has 17 heavy (non-hydrogen) atoms. The van der Waals surface area contributed by atoms with Gasteiger partial charge in [0.1, 0.15) is 5.69 Å². The fourth-order valence-corrected chi connectivity index (χ4v) is 1.20. The lowest BCUT2D eigenvalue weighted by atomic mass is 10.1. The highest BCUT2D eigenvalue weighted by molar-refractivity contribution is 5.93. The smallest absolute Gasteiger partial charge is 0.287 e. The minimum Gasteiger partial charge on any atom is -0.396 e. The lowest BCUT2D eigenvalue weighted by Gasteiger charge is -2.18. The first-order chi connectivity index (χ1) is 7.95. The fourth-order valence-electron chi connectivity index (χ4n) is 1.20. The first-order valence-corrected chi connectivity index (χ1v) is 5.20. The molecular formula is C10H15N3O4. The number of rotatable bonds is 5. The average molecular weight is 241 g/mol. The Balaban J connectivity index is 2.66. The minimum absolute atomic E-state index is 0.0354. The number of nitro groups is 1. The number of aromatic amines is 1. The van der Waals surface area contributed by atoms with Crippen LogP contribution >= 0.6 is 0 Å². The van der Waals surface area contributed by atoms with Crippen LogP contribution in [0.1, 0.15) is 24.3 Å². The Morgan fingerprint density at radius 2 is 2.29 bits per heavy atom. The maximum absolute atomic E-state index is 11.7. The van der Waals surface area contributed by atoms with Gasteiger partial charge in [-0.2, -0.15) is 0 Å². The van der Waals surface area contributed by atoms with Crippen molar-refractivity contribution in [3.63, 3.8) is 0 Å². The van der Waals surface area contributed by atoms with Crippen LogP contribution in [0.25, 0.3) is 0 Å². The number of aromatic nitrogens is 1. The number of carbonyl (C=O) groups excluding carboxylic acids is 1. The zero-order chi connectivity index (χ0) is 13.0. The summed E-state index contributed by atoms with van der Waals surface area (Å²) in [5.74, 6) is -0.505. The van der Waals surface area contributed by atoms with Crippen molar-refractivity contribution in [2.45, 2.75) is 19.9 Å². The SMILES string of the molecule is CC(CO)C(C)NC(=O)c1cc([N+](=O)[O-])c[nH]1. The Bertz CT molecular complexity index is 415. The van der Waals surface area contributed by atoms with Crippen molar-refractivity contribution in [2.75, 3.05) is 6.61 Å². The highest BCUT2D eigenvalue weighted by Gasteiger charge is 2.18. The summed E-state index contributed by atoms with van der Waals surface area (Å²) in [7, 11) is 0. The van der Waals surface area contributed by atoms with E-state index in [1.165, 1.54) is 6.07 Å². The van der Waals surface area contributed by atoms with Crippen LogP contribution in [0.5, 0.6) is 0 Å². The number of H-pyrrole nitrogens is 1. The van der Waals surface area contributed by atoms with Gasteiger partial charge < -0.3 is 15.4 Å². The van der Waals surface area contributed by atoms with E-state index in [4.69, 9.17) is 5.11 Å². The van der Waals surface area contributed by atoms with Gasteiger partial charge in [-0.25, -0.2) is 0 Å². The quantitative estimate of drug-likeness (QED) is 0.520. The van der Waals surface area contributed by atoms with Crippen LogP contribution in [0.4, 0.5) is 5.69 Å². The molecule has 7 heteroatoms. The van der Waals surface area contributed by atoms with Gasteiger partial charge in [-0.05, 0) is 12.8 Å². The molecule has 0 saturated heterocycles. The Hall–Kier alpha value is -1.89. The summed E-state index contributed by atoms with van der Waals surface area (Å²) in [5.41, 5.74) is -0.0216. The van der Waals surface area contributed by atoms with E-state index in [2.05, 4.69) is 10.3 Å². The lowest BCUT2D eigenvalue weighted by Crippen LogP contribution is -2.38. The van der Waals surface area contributed by atoms with E-state index >= 15 is 0 Å². The molecule has 94 valence electrons. The molecule has 0 aliphatic rings. The van der Waals surface area contributed by atoms with Crippen LogP contribution in [0, 0.1) is 16.0 Å². The van der Waals surface area contributed by atoms with Crippen molar-refractivity contribution < 1.29 is 14.8 Å². The normalized spacial score (nSPS) is 14.1. The number of carbonyl (C=O) groups is 1. The molecule has 0 saturated carbocycles. The van der Waals surface area contributed by atoms with Crippen molar-refractivity contribution in [3.05, 3.63) is 28.1 Å². The second-order valence-electron chi connectivity index (χ2n) is 3.95. The molecule has 1 heterocycles. The predicted octanol–water partition coefficient (Wildman–Crippen LogP) is 0.670. The minimum atomic E-state index is -0.576. The molecule has 0 radical (unpaired) electrons. The zero-order valence-corrected chi connectivity index (χ0v) is 9.64. The average Bonchev–Trinajstić information content (AvgIpc) is 2.77. The number of hydrogen-bond donors (Lipinski definition) is 3. The van der Waals surface area contributed by atoms with E-state index in [1.807, 2.05) is 0 Å². The number of hydrogen-bond acceptors (Lipinski definition) is 4. The van der Waals surface area contributed by atoms with Gasteiger partial charge in [0.05, 0.1) is 11.1 Å². The Labute approximate surface area is 98.0 Å². The first kappa shape index (κ1) is 13.2. The molecule has 1 amide bonds. The van der Waals surface area contributed by atoms with Crippen LogP contribution in [0.15, 0.2) is 12.3 Å². The molecule has 1 aromatic rings. The van der Waals surface area contributed by atoms with E-state index in [0.717, 1.165) is 6.20 Å². The Morgan fingerprint density at radius 3 is 2.76 bits per heavy atom. The first-order valence-electron chi connectivity index (χ1n) is 5.20. The van der Waals surface area contributed by atoms with Crippen LogP contribution in [-0.2, 0) is 0 Å². The molecule has 0 bridgehead atoms. The summed E-state index contributed by atoms with van der Waals surface area (Å²) in [5, 5.41) is 22.0. The highest BCUT2D eigenvalue weighted by atomic mass is 16.6. The molecule has 0 aliphatic heterocycles. The third-order valence-electron chi connectivity index (χ3n) is 2.62. The number of aliphatic hydroxyl groups is 1. The maximum atomic E-state index is 11.7. The number of aliphatic hydroxyl groups excluding tert-OH is 1. The van der Waals surface area contributed by atoms with Gasteiger partial charge in [0, 0.05) is 18.7 Å². The molecule has 7 nitrogen and oxygen atoms in total. The molecular weight excluding hydrogens is 226 g/mol. The van der Waals surface area contributed by atoms with Crippen LogP contribution in [-0.4, -0.2) is 33.6 Å². The van der Waals surface area contributed by atoms with Crippen molar-refractivity contribution in [2.24, 2.45) is 5.92 Å². The zero-order valence-electron chi connectivity index (χ0n) is 9.64. The highest BCUT2D eigenvalue weighted by Crippen LogP contribution is 2.12. The van der Waals surface area contributed by atoms with E-state index in [0.29, 0.717) is 0 Å². The molecule has 2 unspecified atom stereocenters. The van der Waals surface area contributed by atoms with E-state index < -0.39 is 10.8 Å². The number of nitrogens with zero attached hydrogens (tertiary/aromatic N) is 1. The summed E-state index contributed by atoms with van der Waals surface area (Å²) in [6.45, 7) is 3.52. The van der Waals surface area contributed by atoms with Gasteiger partial charge in [-0.3, -0.25) is 14.9 Å². The van der Waals surface area contributed by atoms with E-state index in [1.54, 1.807) is 13.8 Å². The Morgan fingerprint density at radius 1 is 1.65 bits per heavy atom. The summed E-state index contributed by atoms with van der Waals surface area (Å²) in [6.07, 6.45) is 1.16. The topological polar surface area (TPSA) is 108 Å².